The van der Waals surface area contributed by atoms with Crippen LogP contribution in [0.25, 0.3) is 0 Å². The average molecular weight is 250 g/mol. The van der Waals surface area contributed by atoms with Gasteiger partial charge in [0.2, 0.25) is 0 Å². The van der Waals surface area contributed by atoms with E-state index >= 15 is 0 Å². The molecule has 1 aliphatic rings. The van der Waals surface area contributed by atoms with E-state index in [0.29, 0.717) is 11.8 Å². The first-order chi connectivity index (χ1) is 8.49. The minimum absolute atomic E-state index is 0.0490. The van der Waals surface area contributed by atoms with Crippen LogP contribution in [0.1, 0.15) is 32.4 Å². The summed E-state index contributed by atoms with van der Waals surface area (Å²) >= 11 is 0. The summed E-state index contributed by atoms with van der Waals surface area (Å²) in [6.07, 6.45) is 0. The lowest BCUT2D eigenvalue weighted by Crippen LogP contribution is -2.38. The first kappa shape index (κ1) is 13.5. The molecule has 0 aliphatic carbocycles. The van der Waals surface area contributed by atoms with Crippen LogP contribution in [0.3, 0.4) is 0 Å². The normalized spacial score (nSPS) is 28.3. The van der Waals surface area contributed by atoms with Gasteiger partial charge in [-0.25, -0.2) is 4.39 Å². The van der Waals surface area contributed by atoms with Crippen LogP contribution in [0.5, 0.6) is 0 Å². The number of halogens is 1. The minimum Gasteiger partial charge on any atom is -0.326 e. The lowest BCUT2D eigenvalue weighted by molar-refractivity contribution is 0.209. The van der Waals surface area contributed by atoms with Gasteiger partial charge in [-0.1, -0.05) is 26.0 Å². The number of rotatable bonds is 3. The van der Waals surface area contributed by atoms with Gasteiger partial charge in [0, 0.05) is 25.2 Å². The van der Waals surface area contributed by atoms with E-state index in [1.54, 1.807) is 0 Å². The van der Waals surface area contributed by atoms with Gasteiger partial charge in [-0.15, -0.1) is 0 Å². The van der Waals surface area contributed by atoms with Crippen LogP contribution < -0.4 is 5.73 Å². The molecular formula is C15H23FN2. The fraction of sp³-hybridized carbons (Fsp3) is 0.600. The Morgan fingerprint density at radius 3 is 2.11 bits per heavy atom. The first-order valence-electron chi connectivity index (χ1n) is 6.74. The lowest BCUT2D eigenvalue weighted by Gasteiger charge is -2.31. The molecule has 3 heteroatoms. The number of benzene rings is 1. The average Bonchev–Trinajstić information content (AvgIpc) is 2.61. The van der Waals surface area contributed by atoms with E-state index in [-0.39, 0.29) is 17.9 Å². The highest BCUT2D eigenvalue weighted by Crippen LogP contribution is 2.32. The summed E-state index contributed by atoms with van der Waals surface area (Å²) in [4.78, 5) is 2.44. The molecule has 2 rings (SSSR count). The van der Waals surface area contributed by atoms with Crippen LogP contribution in [-0.4, -0.2) is 24.0 Å². The summed E-state index contributed by atoms with van der Waals surface area (Å²) in [7, 11) is 0. The van der Waals surface area contributed by atoms with Gasteiger partial charge in [-0.05, 0) is 36.5 Å². The molecule has 0 aromatic heterocycles. The van der Waals surface area contributed by atoms with Crippen molar-refractivity contribution < 1.29 is 4.39 Å². The summed E-state index contributed by atoms with van der Waals surface area (Å²) in [5.74, 6) is 1.21. The zero-order valence-electron chi connectivity index (χ0n) is 11.4. The zero-order valence-corrected chi connectivity index (χ0v) is 11.4. The van der Waals surface area contributed by atoms with Crippen molar-refractivity contribution in [2.45, 2.75) is 32.9 Å². The van der Waals surface area contributed by atoms with E-state index in [1.165, 1.54) is 12.1 Å². The van der Waals surface area contributed by atoms with Gasteiger partial charge in [0.05, 0.1) is 0 Å². The summed E-state index contributed by atoms with van der Waals surface area (Å²) in [6, 6.07) is 7.00. The SMILES string of the molecule is CC(N)C(c1ccc(F)cc1)N1CC(C)C(C)C1. The topological polar surface area (TPSA) is 29.3 Å². The Morgan fingerprint density at radius 2 is 1.67 bits per heavy atom. The van der Waals surface area contributed by atoms with E-state index in [0.717, 1.165) is 18.7 Å². The van der Waals surface area contributed by atoms with Crippen LogP contribution in [0.15, 0.2) is 24.3 Å². The molecule has 4 unspecified atom stereocenters. The number of hydrogen-bond donors (Lipinski definition) is 1. The van der Waals surface area contributed by atoms with Gasteiger partial charge in [-0.2, -0.15) is 0 Å². The third-order valence-corrected chi connectivity index (χ3v) is 4.12. The highest BCUT2D eigenvalue weighted by molar-refractivity contribution is 5.22. The Kier molecular flexibility index (Phi) is 4.03. The third-order valence-electron chi connectivity index (χ3n) is 4.12. The smallest absolute Gasteiger partial charge is 0.123 e. The van der Waals surface area contributed by atoms with Gasteiger partial charge in [-0.3, -0.25) is 4.90 Å². The molecule has 2 nitrogen and oxygen atoms in total. The van der Waals surface area contributed by atoms with E-state index in [9.17, 15) is 4.39 Å². The molecule has 0 bridgehead atoms. The molecule has 1 saturated heterocycles. The summed E-state index contributed by atoms with van der Waals surface area (Å²) in [5, 5.41) is 0. The predicted octanol–water partition coefficient (Wildman–Crippen LogP) is 2.80. The summed E-state index contributed by atoms with van der Waals surface area (Å²) in [5.41, 5.74) is 7.26. The van der Waals surface area contributed by atoms with Gasteiger partial charge in [0.25, 0.3) is 0 Å². The second kappa shape index (κ2) is 5.37. The molecule has 1 aliphatic heterocycles. The van der Waals surface area contributed by atoms with Crippen molar-refractivity contribution in [3.05, 3.63) is 35.6 Å². The van der Waals surface area contributed by atoms with Gasteiger partial charge in [0.1, 0.15) is 5.82 Å². The van der Waals surface area contributed by atoms with E-state index in [2.05, 4.69) is 18.7 Å². The van der Waals surface area contributed by atoms with E-state index < -0.39 is 0 Å². The monoisotopic (exact) mass is 250 g/mol. The fourth-order valence-electron chi connectivity index (χ4n) is 2.91. The Hall–Kier alpha value is -0.930. The molecule has 2 N–H and O–H groups in total. The highest BCUT2D eigenvalue weighted by Gasteiger charge is 2.33. The molecule has 1 aromatic carbocycles. The molecule has 0 spiro atoms. The first-order valence-corrected chi connectivity index (χ1v) is 6.74. The van der Waals surface area contributed by atoms with Gasteiger partial charge < -0.3 is 5.73 Å². The third kappa shape index (κ3) is 2.73. The lowest BCUT2D eigenvalue weighted by atomic mass is 9.99. The predicted molar refractivity (Wildman–Crippen MR) is 72.7 cm³/mol. The van der Waals surface area contributed by atoms with Crippen molar-refractivity contribution >= 4 is 0 Å². The second-order valence-electron chi connectivity index (χ2n) is 5.76. The van der Waals surface area contributed by atoms with Crippen molar-refractivity contribution in [3.8, 4) is 0 Å². The van der Waals surface area contributed by atoms with Crippen molar-refractivity contribution in [1.82, 2.24) is 4.90 Å². The summed E-state index contributed by atoms with van der Waals surface area (Å²) in [6.45, 7) is 8.75. The van der Waals surface area contributed by atoms with Crippen molar-refractivity contribution in [2.24, 2.45) is 17.6 Å². The minimum atomic E-state index is -0.190. The van der Waals surface area contributed by atoms with Crippen LogP contribution >= 0.6 is 0 Å². The molecule has 1 heterocycles. The Bertz CT molecular complexity index is 378. The summed E-state index contributed by atoms with van der Waals surface area (Å²) < 4.78 is 13.0. The van der Waals surface area contributed by atoms with E-state index in [1.807, 2.05) is 19.1 Å². The molecule has 0 radical (unpaired) electrons. The molecule has 0 amide bonds. The highest BCUT2D eigenvalue weighted by atomic mass is 19.1. The Morgan fingerprint density at radius 1 is 1.17 bits per heavy atom. The van der Waals surface area contributed by atoms with Crippen molar-refractivity contribution in [1.29, 1.82) is 0 Å². The largest absolute Gasteiger partial charge is 0.326 e. The molecule has 1 fully saturated rings. The molecule has 0 saturated carbocycles. The molecule has 1 aromatic rings. The van der Waals surface area contributed by atoms with E-state index in [4.69, 9.17) is 5.73 Å². The number of nitrogens with zero attached hydrogens (tertiary/aromatic N) is 1. The maximum absolute atomic E-state index is 13.0. The maximum atomic E-state index is 13.0. The van der Waals surface area contributed by atoms with Gasteiger partial charge in [0.15, 0.2) is 0 Å². The zero-order chi connectivity index (χ0) is 13.3. The van der Waals surface area contributed by atoms with Crippen LogP contribution in [0.2, 0.25) is 0 Å². The van der Waals surface area contributed by atoms with Gasteiger partial charge >= 0.3 is 0 Å². The van der Waals surface area contributed by atoms with Crippen LogP contribution in [-0.2, 0) is 0 Å². The maximum Gasteiger partial charge on any atom is 0.123 e. The molecular weight excluding hydrogens is 227 g/mol. The fourth-order valence-corrected chi connectivity index (χ4v) is 2.91. The Labute approximate surface area is 109 Å². The molecule has 100 valence electrons. The number of hydrogen-bond acceptors (Lipinski definition) is 2. The van der Waals surface area contributed by atoms with Crippen molar-refractivity contribution in [3.63, 3.8) is 0 Å². The Balaban J connectivity index is 2.21. The standard InChI is InChI=1S/C15H23FN2/c1-10-8-18(9-11(10)2)15(12(3)17)13-4-6-14(16)7-5-13/h4-7,10-12,15H,8-9,17H2,1-3H3. The van der Waals surface area contributed by atoms with Crippen molar-refractivity contribution in [2.75, 3.05) is 13.1 Å². The molecule has 18 heavy (non-hydrogen) atoms. The molecule has 4 atom stereocenters. The van der Waals surface area contributed by atoms with Crippen LogP contribution in [0.4, 0.5) is 4.39 Å². The second-order valence-corrected chi connectivity index (χ2v) is 5.76. The number of nitrogens with two attached hydrogens (primary N) is 1. The number of likely N-dealkylation sites (tertiary alicyclic amines) is 1. The van der Waals surface area contributed by atoms with Crippen LogP contribution in [0, 0.1) is 17.7 Å². The quantitative estimate of drug-likeness (QED) is 0.894.